The highest BCUT2D eigenvalue weighted by atomic mass is 16.5. The van der Waals surface area contributed by atoms with E-state index in [0.717, 1.165) is 11.3 Å². The molecular weight excluding hydrogens is 382 g/mol. The van der Waals surface area contributed by atoms with E-state index in [2.05, 4.69) is 10.2 Å². The van der Waals surface area contributed by atoms with Crippen molar-refractivity contribution in [3.63, 3.8) is 0 Å². The Kier molecular flexibility index (Phi) is 5.28. The number of nitrogens with zero attached hydrogens (tertiary/aromatic N) is 2. The maximum atomic E-state index is 12.9. The third-order valence-electron chi connectivity index (χ3n) is 6.24. The minimum atomic E-state index is -0.453. The van der Waals surface area contributed by atoms with Crippen LogP contribution in [0.3, 0.4) is 0 Å². The number of likely N-dealkylation sites (tertiary alicyclic amines) is 1. The molecule has 2 heterocycles. The number of benzene rings is 2. The molecule has 2 aromatic carbocycles. The highest BCUT2D eigenvalue weighted by molar-refractivity contribution is 6.02. The summed E-state index contributed by atoms with van der Waals surface area (Å²) in [7, 11) is 5.19. The van der Waals surface area contributed by atoms with Crippen LogP contribution in [0.2, 0.25) is 0 Å². The lowest BCUT2D eigenvalue weighted by molar-refractivity contribution is -0.132. The Bertz CT molecular complexity index is 967. The number of methoxy groups -OCH3 is 2. The summed E-state index contributed by atoms with van der Waals surface area (Å²) in [6.07, 6.45) is 1.67. The number of para-hydroxylation sites is 1. The highest BCUT2D eigenvalue weighted by Crippen LogP contribution is 2.36. The first-order chi connectivity index (χ1) is 14.5. The molecule has 2 aliphatic rings. The van der Waals surface area contributed by atoms with Crippen LogP contribution in [0.1, 0.15) is 28.8 Å². The summed E-state index contributed by atoms with van der Waals surface area (Å²) in [6, 6.07) is 13.2. The van der Waals surface area contributed by atoms with Crippen LogP contribution in [0.15, 0.2) is 42.5 Å². The Morgan fingerprint density at radius 3 is 2.47 bits per heavy atom. The third-order valence-corrected chi connectivity index (χ3v) is 6.24. The van der Waals surface area contributed by atoms with Gasteiger partial charge >= 0.3 is 0 Å². The zero-order valence-corrected chi connectivity index (χ0v) is 17.6. The maximum Gasteiger partial charge on any atom is 0.255 e. The van der Waals surface area contributed by atoms with Crippen molar-refractivity contribution in [3.05, 3.63) is 53.6 Å². The molecule has 1 fully saturated rings. The number of piperidine rings is 1. The topological polar surface area (TPSA) is 71.1 Å². The number of nitrogens with one attached hydrogen (secondary N) is 1. The Balaban J connectivity index is 1.43. The van der Waals surface area contributed by atoms with E-state index < -0.39 is 5.66 Å². The third kappa shape index (κ3) is 3.44. The first kappa shape index (κ1) is 20.1. The molecule has 0 atom stereocenters. The maximum absolute atomic E-state index is 12.9. The lowest BCUT2D eigenvalue weighted by Crippen LogP contribution is -2.67. The van der Waals surface area contributed by atoms with Crippen LogP contribution in [0, 0.1) is 0 Å². The van der Waals surface area contributed by atoms with Crippen LogP contribution < -0.4 is 19.7 Å². The molecule has 1 spiro atoms. The molecule has 158 valence electrons. The summed E-state index contributed by atoms with van der Waals surface area (Å²) in [5.74, 6) is 1.28. The zero-order chi connectivity index (χ0) is 21.3. The molecule has 4 rings (SSSR count). The van der Waals surface area contributed by atoms with Crippen LogP contribution >= 0.6 is 0 Å². The van der Waals surface area contributed by atoms with Gasteiger partial charge in [0.25, 0.3) is 5.91 Å². The van der Waals surface area contributed by atoms with Gasteiger partial charge in [-0.05, 0) is 29.8 Å². The SMILES string of the molecule is COc1ccc(CC(=O)N2CCC3(CC2)NC(=O)c2ccccc2N3C)cc1OC. The van der Waals surface area contributed by atoms with Gasteiger partial charge in [0.15, 0.2) is 11.5 Å². The molecule has 2 amide bonds. The summed E-state index contributed by atoms with van der Waals surface area (Å²) >= 11 is 0. The fraction of sp³-hybridized carbons (Fsp3) is 0.391. The molecule has 30 heavy (non-hydrogen) atoms. The monoisotopic (exact) mass is 409 g/mol. The minimum absolute atomic E-state index is 0.0474. The molecule has 0 saturated carbocycles. The van der Waals surface area contributed by atoms with Crippen molar-refractivity contribution < 1.29 is 19.1 Å². The number of ether oxygens (including phenoxy) is 2. The summed E-state index contributed by atoms with van der Waals surface area (Å²) in [6.45, 7) is 1.19. The van der Waals surface area contributed by atoms with Crippen molar-refractivity contribution >= 4 is 17.5 Å². The van der Waals surface area contributed by atoms with E-state index in [1.807, 2.05) is 54.4 Å². The second kappa shape index (κ2) is 7.89. The fourth-order valence-electron chi connectivity index (χ4n) is 4.41. The van der Waals surface area contributed by atoms with Crippen LogP contribution in [-0.4, -0.2) is 56.7 Å². The molecule has 0 aromatic heterocycles. The van der Waals surface area contributed by atoms with Gasteiger partial charge in [0.05, 0.1) is 31.9 Å². The van der Waals surface area contributed by atoms with Crippen molar-refractivity contribution in [2.45, 2.75) is 24.9 Å². The van der Waals surface area contributed by atoms with Gasteiger partial charge in [-0.3, -0.25) is 9.59 Å². The number of fused-ring (bicyclic) bond motifs is 1. The van der Waals surface area contributed by atoms with E-state index in [1.54, 1.807) is 14.2 Å². The van der Waals surface area contributed by atoms with Gasteiger partial charge in [-0.25, -0.2) is 0 Å². The van der Waals surface area contributed by atoms with E-state index in [1.165, 1.54) is 0 Å². The highest BCUT2D eigenvalue weighted by Gasteiger charge is 2.44. The predicted molar refractivity (Wildman–Crippen MR) is 114 cm³/mol. The molecular formula is C23H27N3O4. The largest absolute Gasteiger partial charge is 0.493 e. The molecule has 1 saturated heterocycles. The van der Waals surface area contributed by atoms with Crippen molar-refractivity contribution in [2.75, 3.05) is 39.3 Å². The van der Waals surface area contributed by atoms with Crippen LogP contribution in [0.5, 0.6) is 11.5 Å². The number of rotatable bonds is 4. The van der Waals surface area contributed by atoms with Crippen LogP contribution in [0.4, 0.5) is 5.69 Å². The first-order valence-electron chi connectivity index (χ1n) is 10.1. The van der Waals surface area contributed by atoms with E-state index in [4.69, 9.17) is 9.47 Å². The molecule has 2 aromatic rings. The molecule has 0 radical (unpaired) electrons. The summed E-state index contributed by atoms with van der Waals surface area (Å²) in [5.41, 5.74) is 2.06. The number of carbonyl (C=O) groups is 2. The van der Waals surface area contributed by atoms with Gasteiger partial charge in [0, 0.05) is 33.0 Å². The smallest absolute Gasteiger partial charge is 0.255 e. The minimum Gasteiger partial charge on any atom is -0.493 e. The Hall–Kier alpha value is -3.22. The van der Waals surface area contributed by atoms with Gasteiger partial charge in [0.1, 0.15) is 5.66 Å². The lowest BCUT2D eigenvalue weighted by atomic mass is 9.90. The van der Waals surface area contributed by atoms with Gasteiger partial charge in [-0.15, -0.1) is 0 Å². The van der Waals surface area contributed by atoms with E-state index in [0.29, 0.717) is 49.4 Å². The van der Waals surface area contributed by atoms with Crippen molar-refractivity contribution in [1.29, 1.82) is 0 Å². The second-order valence-electron chi connectivity index (χ2n) is 7.81. The number of anilines is 1. The lowest BCUT2D eigenvalue weighted by Gasteiger charge is -2.51. The van der Waals surface area contributed by atoms with Crippen molar-refractivity contribution in [2.24, 2.45) is 0 Å². The molecule has 7 heteroatoms. The molecule has 0 aliphatic carbocycles. The Morgan fingerprint density at radius 2 is 1.77 bits per heavy atom. The Labute approximate surface area is 176 Å². The van der Waals surface area contributed by atoms with Gasteiger partial charge in [-0.2, -0.15) is 0 Å². The second-order valence-corrected chi connectivity index (χ2v) is 7.81. The number of carbonyl (C=O) groups excluding carboxylic acids is 2. The molecule has 2 aliphatic heterocycles. The van der Waals surface area contributed by atoms with Crippen molar-refractivity contribution in [3.8, 4) is 11.5 Å². The van der Waals surface area contributed by atoms with E-state index in [9.17, 15) is 9.59 Å². The quantitative estimate of drug-likeness (QED) is 0.840. The average molecular weight is 409 g/mol. The molecule has 0 bridgehead atoms. The van der Waals surface area contributed by atoms with Crippen LogP contribution in [-0.2, 0) is 11.2 Å². The Morgan fingerprint density at radius 1 is 1.07 bits per heavy atom. The number of hydrogen-bond acceptors (Lipinski definition) is 5. The van der Waals surface area contributed by atoms with Gasteiger partial charge in [-0.1, -0.05) is 18.2 Å². The molecule has 1 N–H and O–H groups in total. The van der Waals surface area contributed by atoms with E-state index >= 15 is 0 Å². The zero-order valence-electron chi connectivity index (χ0n) is 17.6. The molecule has 7 nitrogen and oxygen atoms in total. The number of amides is 2. The van der Waals surface area contributed by atoms with Gasteiger partial charge < -0.3 is 24.6 Å². The van der Waals surface area contributed by atoms with Crippen molar-refractivity contribution in [1.82, 2.24) is 10.2 Å². The normalized spacial score (nSPS) is 17.4. The summed E-state index contributed by atoms with van der Waals surface area (Å²) < 4.78 is 10.6. The first-order valence-corrected chi connectivity index (χ1v) is 10.1. The summed E-state index contributed by atoms with van der Waals surface area (Å²) in [4.78, 5) is 29.6. The summed E-state index contributed by atoms with van der Waals surface area (Å²) in [5, 5.41) is 3.19. The van der Waals surface area contributed by atoms with Crippen LogP contribution in [0.25, 0.3) is 0 Å². The van der Waals surface area contributed by atoms with E-state index in [-0.39, 0.29) is 11.8 Å². The average Bonchev–Trinajstić information content (AvgIpc) is 2.78. The molecule has 0 unspecified atom stereocenters. The number of hydrogen-bond donors (Lipinski definition) is 1. The fourth-order valence-corrected chi connectivity index (χ4v) is 4.41. The van der Waals surface area contributed by atoms with Gasteiger partial charge in [0.2, 0.25) is 5.91 Å². The predicted octanol–water partition coefficient (Wildman–Crippen LogP) is 2.44. The standard InChI is InChI=1S/C23H27N3O4/c1-25-18-7-5-4-6-17(18)22(28)24-23(25)10-12-26(13-11-23)21(27)15-16-8-9-19(29-2)20(14-16)30-3/h4-9,14H,10-13,15H2,1-3H3,(H,24,28).